The summed E-state index contributed by atoms with van der Waals surface area (Å²) >= 11 is 0. The second-order valence-electron chi connectivity index (χ2n) is 7.10. The number of carbonyl (C=O) groups is 2. The van der Waals surface area contributed by atoms with Gasteiger partial charge in [-0.3, -0.25) is 14.5 Å². The summed E-state index contributed by atoms with van der Waals surface area (Å²) in [6, 6.07) is 10.2. The maximum Gasteiger partial charge on any atom is 0.228 e. The molecule has 0 saturated heterocycles. The summed E-state index contributed by atoms with van der Waals surface area (Å²) in [4.78, 5) is 28.9. The van der Waals surface area contributed by atoms with Crippen LogP contribution >= 0.6 is 0 Å². The molecule has 6 nitrogen and oxygen atoms in total. The van der Waals surface area contributed by atoms with Gasteiger partial charge in [0.15, 0.2) is 0 Å². The number of fused-ring (bicyclic) bond motifs is 2. The summed E-state index contributed by atoms with van der Waals surface area (Å²) in [5.41, 5.74) is 3.46. The molecule has 1 aromatic carbocycles. The fraction of sp³-hybridized carbons (Fsp3) is 0.450. The summed E-state index contributed by atoms with van der Waals surface area (Å²) < 4.78 is 1.89. The number of anilines is 1. The van der Waals surface area contributed by atoms with Crippen LogP contribution < -0.4 is 4.90 Å². The van der Waals surface area contributed by atoms with E-state index in [1.54, 1.807) is 4.90 Å². The van der Waals surface area contributed by atoms with Crippen LogP contribution in [0.5, 0.6) is 0 Å². The fourth-order valence-electron chi connectivity index (χ4n) is 3.87. The molecule has 1 aromatic heterocycles. The van der Waals surface area contributed by atoms with E-state index in [9.17, 15) is 9.59 Å². The second-order valence-corrected chi connectivity index (χ2v) is 7.10. The van der Waals surface area contributed by atoms with E-state index in [1.165, 1.54) is 11.1 Å². The first kappa shape index (κ1) is 16.8. The van der Waals surface area contributed by atoms with Crippen molar-refractivity contribution in [3.05, 3.63) is 47.2 Å². The van der Waals surface area contributed by atoms with Crippen molar-refractivity contribution in [1.82, 2.24) is 14.7 Å². The average molecular weight is 352 g/mol. The first-order chi connectivity index (χ1) is 12.6. The van der Waals surface area contributed by atoms with E-state index >= 15 is 0 Å². The molecular weight excluding hydrogens is 328 g/mol. The Morgan fingerprint density at radius 3 is 2.65 bits per heavy atom. The van der Waals surface area contributed by atoms with Gasteiger partial charge < -0.3 is 4.90 Å². The van der Waals surface area contributed by atoms with E-state index in [0.717, 1.165) is 37.4 Å². The standard InChI is InChI=1S/C20H24N4O2/c1-15-13-18-23(10-4-11-24(18)21-15)20(26)8-7-19(25)22-12-9-16-5-2-3-6-17(16)14-22/h2-3,5-6,13H,4,7-12,14H2,1H3. The van der Waals surface area contributed by atoms with Gasteiger partial charge in [-0.2, -0.15) is 5.10 Å². The van der Waals surface area contributed by atoms with E-state index in [0.29, 0.717) is 13.1 Å². The van der Waals surface area contributed by atoms with E-state index < -0.39 is 0 Å². The third kappa shape index (κ3) is 3.23. The molecule has 0 atom stereocenters. The van der Waals surface area contributed by atoms with Gasteiger partial charge in [-0.1, -0.05) is 24.3 Å². The number of hydrogen-bond acceptors (Lipinski definition) is 3. The normalized spacial score (nSPS) is 16.2. The van der Waals surface area contributed by atoms with Crippen LogP contribution in [0.2, 0.25) is 0 Å². The van der Waals surface area contributed by atoms with Crippen molar-refractivity contribution >= 4 is 17.6 Å². The van der Waals surface area contributed by atoms with Crippen LogP contribution in [0.3, 0.4) is 0 Å². The molecule has 0 aliphatic carbocycles. The van der Waals surface area contributed by atoms with Crippen molar-refractivity contribution in [2.75, 3.05) is 18.0 Å². The molecule has 0 fully saturated rings. The van der Waals surface area contributed by atoms with Crippen LogP contribution in [0, 0.1) is 6.92 Å². The first-order valence-electron chi connectivity index (χ1n) is 9.31. The van der Waals surface area contributed by atoms with Gasteiger partial charge in [-0.15, -0.1) is 0 Å². The molecule has 0 unspecified atom stereocenters. The molecule has 0 bridgehead atoms. The van der Waals surface area contributed by atoms with Crippen LogP contribution in [0.1, 0.15) is 36.1 Å². The van der Waals surface area contributed by atoms with Gasteiger partial charge in [0.1, 0.15) is 5.82 Å². The smallest absolute Gasteiger partial charge is 0.228 e. The van der Waals surface area contributed by atoms with Crippen LogP contribution in [0.4, 0.5) is 5.82 Å². The van der Waals surface area contributed by atoms with Crippen LogP contribution in [-0.2, 0) is 29.1 Å². The van der Waals surface area contributed by atoms with Gasteiger partial charge in [0.25, 0.3) is 0 Å². The Hall–Kier alpha value is -2.63. The number of carbonyl (C=O) groups excluding carboxylic acids is 2. The minimum absolute atomic E-state index is 0.0107. The number of nitrogens with zero attached hydrogens (tertiary/aromatic N) is 4. The lowest BCUT2D eigenvalue weighted by molar-refractivity contribution is -0.134. The van der Waals surface area contributed by atoms with Gasteiger partial charge in [-0.05, 0) is 30.9 Å². The molecule has 2 aliphatic rings. The highest BCUT2D eigenvalue weighted by atomic mass is 16.2. The molecule has 3 heterocycles. The number of aryl methyl sites for hydroxylation is 2. The van der Waals surface area contributed by atoms with Crippen LogP contribution in [0.25, 0.3) is 0 Å². The zero-order valence-electron chi connectivity index (χ0n) is 15.1. The minimum Gasteiger partial charge on any atom is -0.338 e. The predicted molar refractivity (Wildman–Crippen MR) is 98.7 cm³/mol. The maximum absolute atomic E-state index is 12.7. The average Bonchev–Trinajstić information content (AvgIpc) is 3.05. The van der Waals surface area contributed by atoms with E-state index in [2.05, 4.69) is 17.2 Å². The lowest BCUT2D eigenvalue weighted by Gasteiger charge is -2.30. The van der Waals surface area contributed by atoms with Gasteiger partial charge in [0.2, 0.25) is 11.8 Å². The quantitative estimate of drug-likeness (QED) is 0.852. The second kappa shape index (κ2) is 6.94. The fourth-order valence-corrected chi connectivity index (χ4v) is 3.87. The van der Waals surface area contributed by atoms with Crippen molar-refractivity contribution < 1.29 is 9.59 Å². The van der Waals surface area contributed by atoms with Crippen molar-refractivity contribution in [2.24, 2.45) is 0 Å². The molecule has 136 valence electrons. The highest BCUT2D eigenvalue weighted by molar-refractivity contribution is 5.95. The van der Waals surface area contributed by atoms with Crippen molar-refractivity contribution in [3.63, 3.8) is 0 Å². The Bertz CT molecular complexity index is 842. The number of benzene rings is 1. The van der Waals surface area contributed by atoms with Crippen molar-refractivity contribution in [2.45, 2.75) is 45.7 Å². The molecule has 2 aliphatic heterocycles. The topological polar surface area (TPSA) is 58.4 Å². The molecule has 0 radical (unpaired) electrons. The van der Waals surface area contributed by atoms with Crippen molar-refractivity contribution in [3.8, 4) is 0 Å². The number of rotatable bonds is 3. The molecule has 2 aromatic rings. The van der Waals surface area contributed by atoms with E-state index in [-0.39, 0.29) is 24.7 Å². The summed E-state index contributed by atoms with van der Waals surface area (Å²) in [5, 5.41) is 4.42. The Morgan fingerprint density at radius 2 is 1.81 bits per heavy atom. The molecule has 0 N–H and O–H groups in total. The number of amides is 2. The third-order valence-electron chi connectivity index (χ3n) is 5.25. The number of hydrogen-bond donors (Lipinski definition) is 0. The molecule has 0 saturated carbocycles. The summed E-state index contributed by atoms with van der Waals surface area (Å²) in [6.07, 6.45) is 2.31. The zero-order valence-corrected chi connectivity index (χ0v) is 15.1. The van der Waals surface area contributed by atoms with Gasteiger partial charge in [0, 0.05) is 45.1 Å². The highest BCUT2D eigenvalue weighted by Gasteiger charge is 2.26. The van der Waals surface area contributed by atoms with Crippen LogP contribution in [0.15, 0.2) is 30.3 Å². The Balaban J connectivity index is 1.36. The largest absolute Gasteiger partial charge is 0.338 e. The lowest BCUT2D eigenvalue weighted by Crippen LogP contribution is -2.39. The Morgan fingerprint density at radius 1 is 1.04 bits per heavy atom. The Labute approximate surface area is 153 Å². The summed E-state index contributed by atoms with van der Waals surface area (Å²) in [7, 11) is 0. The molecule has 6 heteroatoms. The SMILES string of the molecule is Cc1cc2n(n1)CCCN2C(=O)CCC(=O)N1CCc2ccccc2C1. The minimum atomic E-state index is 0.0107. The first-order valence-corrected chi connectivity index (χ1v) is 9.31. The Kier molecular flexibility index (Phi) is 4.49. The van der Waals surface area contributed by atoms with Gasteiger partial charge in [-0.25, -0.2) is 4.68 Å². The molecular formula is C20H24N4O2. The summed E-state index contributed by atoms with van der Waals surface area (Å²) in [5.74, 6) is 0.934. The maximum atomic E-state index is 12.7. The number of aromatic nitrogens is 2. The molecule has 2 amide bonds. The van der Waals surface area contributed by atoms with Crippen molar-refractivity contribution in [1.29, 1.82) is 0 Å². The molecule has 4 rings (SSSR count). The molecule has 0 spiro atoms. The molecule has 26 heavy (non-hydrogen) atoms. The summed E-state index contributed by atoms with van der Waals surface area (Å²) in [6.45, 7) is 4.87. The highest BCUT2D eigenvalue weighted by Crippen LogP contribution is 2.23. The third-order valence-corrected chi connectivity index (χ3v) is 5.25. The zero-order chi connectivity index (χ0) is 18.1. The van der Waals surface area contributed by atoms with E-state index in [1.807, 2.05) is 34.7 Å². The van der Waals surface area contributed by atoms with Crippen LogP contribution in [-0.4, -0.2) is 39.6 Å². The van der Waals surface area contributed by atoms with Gasteiger partial charge in [0.05, 0.1) is 5.69 Å². The monoisotopic (exact) mass is 352 g/mol. The predicted octanol–water partition coefficient (Wildman–Crippen LogP) is 2.29. The van der Waals surface area contributed by atoms with E-state index in [4.69, 9.17) is 0 Å². The lowest BCUT2D eigenvalue weighted by atomic mass is 9.99. The van der Waals surface area contributed by atoms with Gasteiger partial charge >= 0.3 is 0 Å².